The molecule has 3 unspecified atom stereocenters. The number of hydrogen-bond acceptors (Lipinski definition) is 3. The lowest BCUT2D eigenvalue weighted by atomic mass is 9.95. The number of nitrogens with one attached hydrogen (secondary N) is 1. The Labute approximate surface area is 127 Å². The zero-order valence-corrected chi connectivity index (χ0v) is 14.0. The lowest BCUT2D eigenvalue weighted by molar-refractivity contribution is 0.374. The van der Waals surface area contributed by atoms with Gasteiger partial charge in [0.05, 0.1) is 5.69 Å². The minimum atomic E-state index is 0.507. The van der Waals surface area contributed by atoms with Crippen molar-refractivity contribution in [2.75, 3.05) is 18.1 Å². The van der Waals surface area contributed by atoms with Gasteiger partial charge in [-0.2, -0.15) is 16.9 Å². The molecule has 114 valence electrons. The van der Waals surface area contributed by atoms with Gasteiger partial charge in [-0.1, -0.05) is 13.8 Å². The molecule has 1 aromatic rings. The molecule has 0 aliphatic carbocycles. The molecule has 1 N–H and O–H groups in total. The first-order valence-electron chi connectivity index (χ1n) is 8.09. The molecule has 0 spiro atoms. The Balaban J connectivity index is 1.97. The van der Waals surface area contributed by atoms with Crippen molar-refractivity contribution in [3.05, 3.63) is 18.0 Å². The molecule has 0 saturated carbocycles. The van der Waals surface area contributed by atoms with E-state index in [-0.39, 0.29) is 0 Å². The summed E-state index contributed by atoms with van der Waals surface area (Å²) in [7, 11) is 0. The van der Waals surface area contributed by atoms with E-state index in [0.29, 0.717) is 12.1 Å². The molecule has 4 heteroatoms. The van der Waals surface area contributed by atoms with E-state index in [1.165, 1.54) is 30.0 Å². The van der Waals surface area contributed by atoms with Crippen LogP contribution in [0, 0.1) is 5.92 Å². The van der Waals surface area contributed by atoms with Crippen molar-refractivity contribution < 1.29 is 0 Å². The maximum absolute atomic E-state index is 4.77. The fraction of sp³-hybridized carbons (Fsp3) is 0.812. The predicted octanol–water partition coefficient (Wildman–Crippen LogP) is 3.52. The van der Waals surface area contributed by atoms with Gasteiger partial charge in [-0.05, 0) is 56.2 Å². The summed E-state index contributed by atoms with van der Waals surface area (Å²) >= 11 is 2.10. The molecule has 1 aliphatic heterocycles. The monoisotopic (exact) mass is 295 g/mol. The Kier molecular flexibility index (Phi) is 6.43. The van der Waals surface area contributed by atoms with Crippen molar-refractivity contribution >= 4 is 11.8 Å². The second kappa shape index (κ2) is 8.08. The van der Waals surface area contributed by atoms with Crippen molar-refractivity contribution in [2.45, 2.75) is 58.5 Å². The molecule has 20 heavy (non-hydrogen) atoms. The van der Waals surface area contributed by atoms with Crippen LogP contribution in [0.25, 0.3) is 0 Å². The van der Waals surface area contributed by atoms with Crippen LogP contribution < -0.4 is 5.32 Å². The van der Waals surface area contributed by atoms with Crippen LogP contribution >= 0.6 is 11.8 Å². The summed E-state index contributed by atoms with van der Waals surface area (Å²) in [6, 6.07) is 3.31. The Morgan fingerprint density at radius 1 is 1.50 bits per heavy atom. The van der Waals surface area contributed by atoms with Gasteiger partial charge in [0, 0.05) is 24.7 Å². The molecule has 1 fully saturated rings. The maximum Gasteiger partial charge on any atom is 0.0640 e. The fourth-order valence-electron chi connectivity index (χ4n) is 2.75. The first kappa shape index (κ1) is 15.9. The molecule has 1 aromatic heterocycles. The average molecular weight is 295 g/mol. The predicted molar refractivity (Wildman–Crippen MR) is 88.4 cm³/mol. The van der Waals surface area contributed by atoms with E-state index >= 15 is 0 Å². The third kappa shape index (κ3) is 4.26. The molecule has 2 rings (SSSR count). The van der Waals surface area contributed by atoms with Gasteiger partial charge in [0.1, 0.15) is 0 Å². The number of rotatable bonds is 8. The lowest BCUT2D eigenvalue weighted by Gasteiger charge is -2.23. The molecule has 0 radical (unpaired) electrons. The molecule has 2 heterocycles. The van der Waals surface area contributed by atoms with Crippen LogP contribution in [0.5, 0.6) is 0 Å². The SMILES string of the molecule is CCCNC(Cc1ccn(C(C)CC)n1)C1CCSC1. The third-order valence-electron chi connectivity index (χ3n) is 4.33. The summed E-state index contributed by atoms with van der Waals surface area (Å²) in [6.07, 6.45) is 6.92. The van der Waals surface area contributed by atoms with Gasteiger partial charge >= 0.3 is 0 Å². The quantitative estimate of drug-likeness (QED) is 0.796. The van der Waals surface area contributed by atoms with Crippen LogP contribution in [0.2, 0.25) is 0 Å². The minimum absolute atomic E-state index is 0.507. The zero-order valence-electron chi connectivity index (χ0n) is 13.1. The first-order chi connectivity index (χ1) is 9.74. The van der Waals surface area contributed by atoms with Gasteiger partial charge in [0.25, 0.3) is 0 Å². The summed E-state index contributed by atoms with van der Waals surface area (Å²) in [5.41, 5.74) is 1.25. The highest BCUT2D eigenvalue weighted by atomic mass is 32.2. The number of nitrogens with zero attached hydrogens (tertiary/aromatic N) is 2. The van der Waals surface area contributed by atoms with Crippen molar-refractivity contribution in [3.63, 3.8) is 0 Å². The standard InChI is InChI=1S/C16H29N3S/c1-4-8-17-16(14-7-10-20-12-14)11-15-6-9-19(18-15)13(3)5-2/h6,9,13-14,16-17H,4-5,7-8,10-12H2,1-3H3. The van der Waals surface area contributed by atoms with E-state index in [1.54, 1.807) is 0 Å². The van der Waals surface area contributed by atoms with Gasteiger partial charge < -0.3 is 5.32 Å². The molecular weight excluding hydrogens is 266 g/mol. The van der Waals surface area contributed by atoms with E-state index in [4.69, 9.17) is 5.10 Å². The number of thioether (sulfide) groups is 1. The van der Waals surface area contributed by atoms with Crippen LogP contribution in [0.1, 0.15) is 51.8 Å². The van der Waals surface area contributed by atoms with E-state index < -0.39 is 0 Å². The van der Waals surface area contributed by atoms with Gasteiger partial charge in [0.15, 0.2) is 0 Å². The summed E-state index contributed by atoms with van der Waals surface area (Å²) < 4.78 is 2.12. The van der Waals surface area contributed by atoms with Gasteiger partial charge in [-0.3, -0.25) is 4.68 Å². The molecule has 1 saturated heterocycles. The van der Waals surface area contributed by atoms with Crippen LogP contribution in [-0.4, -0.2) is 33.9 Å². The Morgan fingerprint density at radius 2 is 2.35 bits per heavy atom. The van der Waals surface area contributed by atoms with Gasteiger partial charge in [-0.15, -0.1) is 0 Å². The maximum atomic E-state index is 4.77. The van der Waals surface area contributed by atoms with E-state index in [9.17, 15) is 0 Å². The normalized spacial score (nSPS) is 22.1. The molecule has 0 aromatic carbocycles. The highest BCUT2D eigenvalue weighted by Crippen LogP contribution is 2.27. The molecule has 0 amide bonds. The number of aromatic nitrogens is 2. The molecule has 3 nitrogen and oxygen atoms in total. The van der Waals surface area contributed by atoms with Crippen molar-refractivity contribution in [2.24, 2.45) is 5.92 Å². The van der Waals surface area contributed by atoms with Crippen molar-refractivity contribution in [1.82, 2.24) is 15.1 Å². The Hall–Kier alpha value is -0.480. The highest BCUT2D eigenvalue weighted by molar-refractivity contribution is 7.99. The first-order valence-corrected chi connectivity index (χ1v) is 9.25. The topological polar surface area (TPSA) is 29.9 Å². The lowest BCUT2D eigenvalue weighted by Crippen LogP contribution is -2.38. The zero-order chi connectivity index (χ0) is 14.4. The average Bonchev–Trinajstić information content (AvgIpc) is 3.13. The number of hydrogen-bond donors (Lipinski definition) is 1. The van der Waals surface area contributed by atoms with Crippen LogP contribution in [-0.2, 0) is 6.42 Å². The Morgan fingerprint density at radius 3 is 3.00 bits per heavy atom. The smallest absolute Gasteiger partial charge is 0.0640 e. The Bertz CT molecular complexity index is 385. The summed E-state index contributed by atoms with van der Waals surface area (Å²) in [4.78, 5) is 0. The molecule has 0 bridgehead atoms. The highest BCUT2D eigenvalue weighted by Gasteiger charge is 2.25. The largest absolute Gasteiger partial charge is 0.313 e. The summed E-state index contributed by atoms with van der Waals surface area (Å²) in [5, 5.41) is 8.52. The van der Waals surface area contributed by atoms with E-state index in [2.05, 4.69) is 54.8 Å². The molecule has 3 atom stereocenters. The third-order valence-corrected chi connectivity index (χ3v) is 5.51. The van der Waals surface area contributed by atoms with Crippen LogP contribution in [0.15, 0.2) is 12.3 Å². The summed E-state index contributed by atoms with van der Waals surface area (Å²) in [5.74, 6) is 3.46. The van der Waals surface area contributed by atoms with Crippen molar-refractivity contribution in [3.8, 4) is 0 Å². The molecule has 1 aliphatic rings. The van der Waals surface area contributed by atoms with E-state index in [0.717, 1.165) is 25.3 Å². The summed E-state index contributed by atoms with van der Waals surface area (Å²) in [6.45, 7) is 7.81. The van der Waals surface area contributed by atoms with E-state index in [1.807, 2.05) is 0 Å². The van der Waals surface area contributed by atoms with Crippen LogP contribution in [0.3, 0.4) is 0 Å². The molecular formula is C16H29N3S. The van der Waals surface area contributed by atoms with Crippen LogP contribution in [0.4, 0.5) is 0 Å². The minimum Gasteiger partial charge on any atom is -0.313 e. The van der Waals surface area contributed by atoms with Gasteiger partial charge in [-0.25, -0.2) is 0 Å². The fourth-order valence-corrected chi connectivity index (χ4v) is 4.09. The second-order valence-corrected chi connectivity index (χ2v) is 7.08. The van der Waals surface area contributed by atoms with Gasteiger partial charge in [0.2, 0.25) is 0 Å². The second-order valence-electron chi connectivity index (χ2n) is 5.93. The van der Waals surface area contributed by atoms with Crippen molar-refractivity contribution in [1.29, 1.82) is 0 Å².